The van der Waals surface area contributed by atoms with Crippen molar-refractivity contribution in [1.29, 1.82) is 0 Å². The van der Waals surface area contributed by atoms with Crippen molar-refractivity contribution in [2.24, 2.45) is 5.92 Å². The molecule has 32 heavy (non-hydrogen) atoms. The zero-order chi connectivity index (χ0) is 23.3. The smallest absolute Gasteiger partial charge is 0.341 e. The number of carbonyl (C=O) groups excluding carboxylic acids is 3. The Morgan fingerprint density at radius 2 is 1.91 bits per heavy atom. The van der Waals surface area contributed by atoms with Crippen molar-refractivity contribution in [1.82, 2.24) is 9.88 Å². The first-order valence-electron chi connectivity index (χ1n) is 10.9. The summed E-state index contributed by atoms with van der Waals surface area (Å²) < 4.78 is 5.20. The highest BCUT2D eigenvalue weighted by Gasteiger charge is 2.28. The SMILES string of the molecule is CCOC(=O)c1c(NC(=O)CN2CCC(C(=O)Nc3nc(C)cs3)CC2)sc(C)c1CC. The van der Waals surface area contributed by atoms with E-state index in [2.05, 4.69) is 15.6 Å². The second-order valence-electron chi connectivity index (χ2n) is 7.80. The second kappa shape index (κ2) is 11.0. The third-order valence-corrected chi connectivity index (χ3v) is 7.41. The van der Waals surface area contributed by atoms with E-state index in [9.17, 15) is 14.4 Å². The number of nitrogens with zero attached hydrogens (tertiary/aromatic N) is 2. The minimum atomic E-state index is -0.397. The van der Waals surface area contributed by atoms with E-state index in [0.29, 0.717) is 48.0 Å². The van der Waals surface area contributed by atoms with Crippen LogP contribution in [0, 0.1) is 19.8 Å². The van der Waals surface area contributed by atoms with Crippen molar-refractivity contribution in [3.05, 3.63) is 27.1 Å². The van der Waals surface area contributed by atoms with E-state index in [0.717, 1.165) is 16.1 Å². The van der Waals surface area contributed by atoms with Crippen LogP contribution in [-0.4, -0.2) is 53.9 Å². The number of carbonyl (C=O) groups is 3. The van der Waals surface area contributed by atoms with E-state index in [-0.39, 0.29) is 30.9 Å². The van der Waals surface area contributed by atoms with E-state index in [1.165, 1.54) is 22.7 Å². The molecule has 3 rings (SSSR count). The summed E-state index contributed by atoms with van der Waals surface area (Å²) >= 11 is 2.83. The van der Waals surface area contributed by atoms with Gasteiger partial charge in [0.05, 0.1) is 24.4 Å². The van der Waals surface area contributed by atoms with Crippen LogP contribution in [-0.2, 0) is 20.7 Å². The highest BCUT2D eigenvalue weighted by molar-refractivity contribution is 7.16. The molecule has 0 unspecified atom stereocenters. The minimum absolute atomic E-state index is 0.0105. The Kier molecular flexibility index (Phi) is 8.38. The van der Waals surface area contributed by atoms with Gasteiger partial charge in [-0.15, -0.1) is 22.7 Å². The number of aryl methyl sites for hydroxylation is 2. The standard InChI is InChI=1S/C22H30N4O4S2/c1-5-16-14(4)32-20(18(16)21(29)30-6-2)24-17(27)11-26-9-7-15(8-10-26)19(28)25-22-23-13(3)12-31-22/h12,15H,5-11H2,1-4H3,(H,24,27)(H,23,25,28). The number of ether oxygens (including phenoxy) is 1. The number of rotatable bonds is 8. The van der Waals surface area contributed by atoms with Crippen molar-refractivity contribution in [3.63, 3.8) is 0 Å². The van der Waals surface area contributed by atoms with Gasteiger partial charge in [0.25, 0.3) is 0 Å². The van der Waals surface area contributed by atoms with Gasteiger partial charge in [0, 0.05) is 16.2 Å². The van der Waals surface area contributed by atoms with E-state index in [1.807, 2.05) is 31.1 Å². The fourth-order valence-electron chi connectivity index (χ4n) is 3.85. The average Bonchev–Trinajstić information content (AvgIpc) is 3.30. The highest BCUT2D eigenvalue weighted by atomic mass is 32.1. The van der Waals surface area contributed by atoms with Crippen molar-refractivity contribution >= 4 is 50.6 Å². The first kappa shape index (κ1) is 24.3. The lowest BCUT2D eigenvalue weighted by Gasteiger charge is -2.30. The maximum Gasteiger partial charge on any atom is 0.341 e. The summed E-state index contributed by atoms with van der Waals surface area (Å²) in [7, 11) is 0. The van der Waals surface area contributed by atoms with E-state index >= 15 is 0 Å². The molecule has 8 nitrogen and oxygen atoms in total. The molecule has 0 saturated carbocycles. The molecular weight excluding hydrogens is 448 g/mol. The van der Waals surface area contributed by atoms with Gasteiger partial charge in [-0.1, -0.05) is 6.92 Å². The molecule has 2 amide bonds. The van der Waals surface area contributed by atoms with Crippen molar-refractivity contribution in [2.45, 2.75) is 47.0 Å². The number of thiophene rings is 1. The molecule has 2 aromatic rings. The van der Waals surface area contributed by atoms with Gasteiger partial charge in [-0.3, -0.25) is 14.5 Å². The number of likely N-dealkylation sites (tertiary alicyclic amines) is 1. The topological polar surface area (TPSA) is 101 Å². The summed E-state index contributed by atoms with van der Waals surface area (Å²) in [6.07, 6.45) is 2.08. The summed E-state index contributed by atoms with van der Waals surface area (Å²) in [5.41, 5.74) is 2.29. The van der Waals surface area contributed by atoms with Crippen LogP contribution in [0.2, 0.25) is 0 Å². The number of hydrogen-bond donors (Lipinski definition) is 2. The number of anilines is 2. The maximum absolute atomic E-state index is 12.7. The normalized spacial score (nSPS) is 14.9. The van der Waals surface area contributed by atoms with Crippen LogP contribution < -0.4 is 10.6 Å². The molecule has 2 aromatic heterocycles. The summed E-state index contributed by atoms with van der Waals surface area (Å²) in [5, 5.41) is 8.89. The van der Waals surface area contributed by atoms with E-state index in [4.69, 9.17) is 4.74 Å². The fourth-order valence-corrected chi connectivity index (χ4v) is 5.69. The summed E-state index contributed by atoms with van der Waals surface area (Å²) in [6.45, 7) is 9.43. The van der Waals surface area contributed by atoms with Crippen LogP contribution in [0.3, 0.4) is 0 Å². The Bertz CT molecular complexity index is 977. The first-order chi connectivity index (χ1) is 15.3. The maximum atomic E-state index is 12.7. The molecule has 0 aromatic carbocycles. The number of esters is 1. The van der Waals surface area contributed by atoms with Gasteiger partial charge >= 0.3 is 5.97 Å². The largest absolute Gasteiger partial charge is 0.462 e. The molecule has 2 N–H and O–H groups in total. The zero-order valence-electron chi connectivity index (χ0n) is 18.9. The van der Waals surface area contributed by atoms with Crippen LogP contribution in [0.1, 0.15) is 53.2 Å². The number of hydrogen-bond acceptors (Lipinski definition) is 8. The molecule has 10 heteroatoms. The Morgan fingerprint density at radius 1 is 1.19 bits per heavy atom. The molecule has 0 bridgehead atoms. The molecule has 1 aliphatic rings. The number of nitrogens with one attached hydrogen (secondary N) is 2. The van der Waals surface area contributed by atoms with Crippen molar-refractivity contribution in [2.75, 3.05) is 36.9 Å². The highest BCUT2D eigenvalue weighted by Crippen LogP contribution is 2.34. The molecule has 0 radical (unpaired) electrons. The Morgan fingerprint density at radius 3 is 2.50 bits per heavy atom. The molecule has 3 heterocycles. The number of amides is 2. The van der Waals surface area contributed by atoms with Crippen LogP contribution in [0.5, 0.6) is 0 Å². The Hall–Kier alpha value is -2.30. The summed E-state index contributed by atoms with van der Waals surface area (Å²) in [4.78, 5) is 44.9. The van der Waals surface area contributed by atoms with Crippen LogP contribution in [0.4, 0.5) is 10.1 Å². The molecular formula is C22H30N4O4S2. The van der Waals surface area contributed by atoms with Gasteiger partial charge in [-0.2, -0.15) is 0 Å². The molecule has 0 spiro atoms. The van der Waals surface area contributed by atoms with Gasteiger partial charge in [0.15, 0.2) is 5.13 Å². The molecule has 0 aliphatic carbocycles. The van der Waals surface area contributed by atoms with Gasteiger partial charge < -0.3 is 15.4 Å². The fraction of sp³-hybridized carbons (Fsp3) is 0.545. The van der Waals surface area contributed by atoms with E-state index in [1.54, 1.807) is 6.92 Å². The lowest BCUT2D eigenvalue weighted by molar-refractivity contribution is -0.121. The Labute approximate surface area is 196 Å². The first-order valence-corrected chi connectivity index (χ1v) is 12.6. The van der Waals surface area contributed by atoms with Crippen LogP contribution in [0.25, 0.3) is 0 Å². The minimum Gasteiger partial charge on any atom is -0.462 e. The monoisotopic (exact) mass is 478 g/mol. The number of thiazole rings is 1. The van der Waals surface area contributed by atoms with E-state index < -0.39 is 5.97 Å². The average molecular weight is 479 g/mol. The van der Waals surface area contributed by atoms with Crippen molar-refractivity contribution in [3.8, 4) is 0 Å². The van der Waals surface area contributed by atoms with Crippen LogP contribution >= 0.6 is 22.7 Å². The summed E-state index contributed by atoms with van der Waals surface area (Å²) in [6, 6.07) is 0. The molecule has 1 aliphatic heterocycles. The molecule has 0 atom stereocenters. The second-order valence-corrected chi connectivity index (χ2v) is 9.88. The van der Waals surface area contributed by atoms with Gasteiger partial charge in [-0.05, 0) is 58.7 Å². The third kappa shape index (κ3) is 5.93. The van der Waals surface area contributed by atoms with Gasteiger partial charge in [-0.25, -0.2) is 9.78 Å². The Balaban J connectivity index is 1.53. The number of aromatic nitrogens is 1. The number of piperidine rings is 1. The van der Waals surface area contributed by atoms with Crippen molar-refractivity contribution < 1.29 is 19.1 Å². The van der Waals surface area contributed by atoms with Gasteiger partial charge in [0.1, 0.15) is 5.00 Å². The van der Waals surface area contributed by atoms with Crippen LogP contribution in [0.15, 0.2) is 5.38 Å². The lowest BCUT2D eigenvalue weighted by Crippen LogP contribution is -2.41. The predicted octanol–water partition coefficient (Wildman–Crippen LogP) is 3.85. The summed E-state index contributed by atoms with van der Waals surface area (Å²) in [5.74, 6) is -0.656. The lowest BCUT2D eigenvalue weighted by atomic mass is 9.96. The zero-order valence-corrected chi connectivity index (χ0v) is 20.6. The molecule has 1 saturated heterocycles. The predicted molar refractivity (Wildman–Crippen MR) is 128 cm³/mol. The third-order valence-electron chi connectivity index (χ3n) is 5.47. The van der Waals surface area contributed by atoms with Gasteiger partial charge in [0.2, 0.25) is 11.8 Å². The molecule has 1 fully saturated rings. The quantitative estimate of drug-likeness (QED) is 0.559. The molecule has 174 valence electrons.